The molecule has 1 atom stereocenters. The average Bonchev–Trinajstić information content (AvgIpc) is 3.56. The van der Waals surface area contributed by atoms with Crippen molar-refractivity contribution in [3.05, 3.63) is 23.5 Å². The molecule has 2 amide bonds. The Morgan fingerprint density at radius 1 is 1.06 bits per heavy atom. The molecule has 1 saturated carbocycles. The van der Waals surface area contributed by atoms with Crippen LogP contribution in [0.5, 0.6) is 0 Å². The molecular formula is C25H34N4O4. The highest BCUT2D eigenvalue weighted by Crippen LogP contribution is 2.33. The van der Waals surface area contributed by atoms with Crippen molar-refractivity contribution >= 4 is 28.5 Å². The number of ether oxygens (including phenoxy) is 2. The molecule has 33 heavy (non-hydrogen) atoms. The van der Waals surface area contributed by atoms with Crippen LogP contribution in [-0.2, 0) is 21.3 Å². The summed E-state index contributed by atoms with van der Waals surface area (Å²) in [5, 5.41) is 6.21. The van der Waals surface area contributed by atoms with Crippen LogP contribution in [-0.4, -0.2) is 47.2 Å². The van der Waals surface area contributed by atoms with Crippen molar-refractivity contribution < 1.29 is 19.1 Å². The van der Waals surface area contributed by atoms with E-state index in [0.29, 0.717) is 42.3 Å². The van der Waals surface area contributed by atoms with E-state index in [1.165, 1.54) is 12.8 Å². The number of hydrogen-bond acceptors (Lipinski definition) is 5. The highest BCUT2D eigenvalue weighted by Gasteiger charge is 2.27. The van der Waals surface area contributed by atoms with Gasteiger partial charge in [0, 0.05) is 45.0 Å². The maximum atomic E-state index is 13.4. The Labute approximate surface area is 194 Å². The van der Waals surface area contributed by atoms with Crippen LogP contribution in [0.3, 0.4) is 0 Å². The molecule has 178 valence electrons. The molecular weight excluding hydrogens is 420 g/mol. The first-order chi connectivity index (χ1) is 16.1. The van der Waals surface area contributed by atoms with E-state index in [1.807, 2.05) is 17.7 Å². The second-order valence-corrected chi connectivity index (χ2v) is 9.69. The Morgan fingerprint density at radius 2 is 1.85 bits per heavy atom. The summed E-state index contributed by atoms with van der Waals surface area (Å²) in [5.41, 5.74) is 2.65. The van der Waals surface area contributed by atoms with E-state index in [2.05, 4.69) is 10.6 Å². The van der Waals surface area contributed by atoms with Crippen LogP contribution in [0, 0.1) is 5.92 Å². The number of carbonyl (C=O) groups excluding carboxylic acids is 2. The summed E-state index contributed by atoms with van der Waals surface area (Å²) in [6.07, 6.45) is 8.67. The van der Waals surface area contributed by atoms with Gasteiger partial charge in [0.1, 0.15) is 11.9 Å². The minimum Gasteiger partial charge on any atom is -0.381 e. The molecule has 1 unspecified atom stereocenters. The minimum atomic E-state index is -0.138. The number of imidazole rings is 1. The Balaban J connectivity index is 1.45. The van der Waals surface area contributed by atoms with Gasteiger partial charge in [-0.05, 0) is 56.6 Å². The molecule has 3 fully saturated rings. The number of nitrogens with one attached hydrogen (secondary N) is 2. The number of hydrogen-bond donors (Lipinski definition) is 2. The molecule has 2 saturated heterocycles. The van der Waals surface area contributed by atoms with Crippen LogP contribution in [0.25, 0.3) is 11.0 Å². The number of aromatic nitrogens is 2. The highest BCUT2D eigenvalue weighted by molar-refractivity contribution is 6.07. The van der Waals surface area contributed by atoms with Crippen molar-refractivity contribution in [1.29, 1.82) is 0 Å². The Bertz CT molecular complexity index is 1020. The molecule has 3 aliphatic rings. The number of carbonyl (C=O) groups is 2. The lowest BCUT2D eigenvalue weighted by atomic mass is 10.0. The van der Waals surface area contributed by atoms with Gasteiger partial charge in [0.2, 0.25) is 5.91 Å². The van der Waals surface area contributed by atoms with Gasteiger partial charge >= 0.3 is 0 Å². The first kappa shape index (κ1) is 22.3. The van der Waals surface area contributed by atoms with Crippen LogP contribution in [0.15, 0.2) is 12.1 Å². The quantitative estimate of drug-likeness (QED) is 0.691. The monoisotopic (exact) mass is 454 g/mol. The second-order valence-electron chi connectivity index (χ2n) is 9.69. The fraction of sp³-hybridized carbons (Fsp3) is 0.640. The number of fused-ring (bicyclic) bond motifs is 1. The fourth-order valence-corrected chi connectivity index (χ4v) is 5.48. The topological polar surface area (TPSA) is 94.5 Å². The molecule has 5 rings (SSSR count). The second kappa shape index (κ2) is 9.81. The largest absolute Gasteiger partial charge is 0.381 e. The summed E-state index contributed by atoms with van der Waals surface area (Å²) in [6.45, 7) is 2.05. The highest BCUT2D eigenvalue weighted by atomic mass is 16.5. The summed E-state index contributed by atoms with van der Waals surface area (Å²) in [4.78, 5) is 30.9. The molecule has 2 aromatic rings. The number of rotatable bonds is 6. The van der Waals surface area contributed by atoms with Crippen molar-refractivity contribution in [2.75, 3.05) is 25.1 Å². The Hall–Kier alpha value is -2.45. The van der Waals surface area contributed by atoms with Gasteiger partial charge in [-0.2, -0.15) is 0 Å². The van der Waals surface area contributed by atoms with Crippen molar-refractivity contribution in [2.24, 2.45) is 13.0 Å². The predicted octanol–water partition coefficient (Wildman–Crippen LogP) is 3.85. The molecule has 2 N–H and O–H groups in total. The third-order valence-electron chi connectivity index (χ3n) is 7.26. The van der Waals surface area contributed by atoms with Crippen LogP contribution in [0.1, 0.15) is 80.1 Å². The van der Waals surface area contributed by atoms with E-state index in [-0.39, 0.29) is 24.0 Å². The normalized spacial score (nSPS) is 22.2. The number of anilines is 1. The lowest BCUT2D eigenvalue weighted by Gasteiger charge is -2.23. The number of aryl methyl sites for hydroxylation is 1. The van der Waals surface area contributed by atoms with E-state index < -0.39 is 0 Å². The summed E-state index contributed by atoms with van der Waals surface area (Å²) in [7, 11) is 1.94. The summed E-state index contributed by atoms with van der Waals surface area (Å²) in [6, 6.07) is 3.77. The molecule has 3 heterocycles. The fourth-order valence-electron chi connectivity index (χ4n) is 5.48. The standard InChI is InChI=1S/C25H34N4O4/c1-29-23-19(25(31)27-17-8-11-32-12-9-17)14-18(26-22(30)13-16-5-2-3-6-16)15-20(23)28-24(29)21-7-4-10-33-21/h14-17,21H,2-13H2,1H3,(H,26,30)(H,27,31). The number of nitrogens with zero attached hydrogens (tertiary/aromatic N) is 2. The Kier molecular flexibility index (Phi) is 6.64. The van der Waals surface area contributed by atoms with Gasteiger partial charge in [-0.1, -0.05) is 12.8 Å². The zero-order chi connectivity index (χ0) is 22.8. The van der Waals surface area contributed by atoms with E-state index in [9.17, 15) is 9.59 Å². The van der Waals surface area contributed by atoms with Crippen LogP contribution in [0.2, 0.25) is 0 Å². The van der Waals surface area contributed by atoms with Crippen LogP contribution >= 0.6 is 0 Å². The third-order valence-corrected chi connectivity index (χ3v) is 7.26. The zero-order valence-corrected chi connectivity index (χ0v) is 19.4. The van der Waals surface area contributed by atoms with Crippen molar-refractivity contribution in [2.45, 2.75) is 69.9 Å². The third kappa shape index (κ3) is 4.92. The van der Waals surface area contributed by atoms with Crippen molar-refractivity contribution in [3.63, 3.8) is 0 Å². The lowest BCUT2D eigenvalue weighted by Crippen LogP contribution is -2.39. The summed E-state index contributed by atoms with van der Waals surface area (Å²) in [5.74, 6) is 1.16. The average molecular weight is 455 g/mol. The first-order valence-electron chi connectivity index (χ1n) is 12.4. The van der Waals surface area contributed by atoms with Gasteiger partial charge in [0.15, 0.2) is 0 Å². The molecule has 0 bridgehead atoms. The zero-order valence-electron chi connectivity index (χ0n) is 19.4. The van der Waals surface area contributed by atoms with Crippen LogP contribution in [0.4, 0.5) is 5.69 Å². The van der Waals surface area contributed by atoms with Gasteiger partial charge in [0.25, 0.3) is 5.91 Å². The van der Waals surface area contributed by atoms with Crippen molar-refractivity contribution in [3.8, 4) is 0 Å². The molecule has 8 heteroatoms. The summed E-state index contributed by atoms with van der Waals surface area (Å²) >= 11 is 0. The molecule has 2 aliphatic heterocycles. The maximum Gasteiger partial charge on any atom is 0.253 e. The lowest BCUT2D eigenvalue weighted by molar-refractivity contribution is -0.117. The van der Waals surface area contributed by atoms with Gasteiger partial charge in [-0.3, -0.25) is 9.59 Å². The number of amides is 2. The Morgan fingerprint density at radius 3 is 2.58 bits per heavy atom. The van der Waals surface area contributed by atoms with Crippen LogP contribution < -0.4 is 10.6 Å². The summed E-state index contributed by atoms with van der Waals surface area (Å²) < 4.78 is 13.3. The van der Waals surface area contributed by atoms with E-state index in [4.69, 9.17) is 14.5 Å². The van der Waals surface area contributed by atoms with E-state index in [0.717, 1.165) is 56.5 Å². The van der Waals surface area contributed by atoms with Gasteiger partial charge < -0.3 is 24.7 Å². The van der Waals surface area contributed by atoms with E-state index >= 15 is 0 Å². The molecule has 1 aliphatic carbocycles. The molecule has 0 radical (unpaired) electrons. The predicted molar refractivity (Wildman–Crippen MR) is 125 cm³/mol. The molecule has 0 spiro atoms. The van der Waals surface area contributed by atoms with Gasteiger partial charge in [-0.15, -0.1) is 0 Å². The molecule has 1 aromatic heterocycles. The van der Waals surface area contributed by atoms with Gasteiger partial charge in [-0.25, -0.2) is 4.98 Å². The number of benzene rings is 1. The minimum absolute atomic E-state index is 0.00678. The smallest absolute Gasteiger partial charge is 0.253 e. The SMILES string of the molecule is Cn1c(C2CCCO2)nc2cc(NC(=O)CC3CCCC3)cc(C(=O)NC3CCOCC3)c21. The van der Waals surface area contributed by atoms with Gasteiger partial charge in [0.05, 0.1) is 16.6 Å². The van der Waals surface area contributed by atoms with Crippen molar-refractivity contribution in [1.82, 2.24) is 14.9 Å². The maximum absolute atomic E-state index is 13.4. The first-order valence-corrected chi connectivity index (χ1v) is 12.4. The molecule has 1 aromatic carbocycles. The van der Waals surface area contributed by atoms with E-state index in [1.54, 1.807) is 6.07 Å². The molecule has 8 nitrogen and oxygen atoms in total.